The number of ether oxygens (including phenoxy) is 3. The van der Waals surface area contributed by atoms with Crippen LogP contribution in [0.1, 0.15) is 0 Å². The zero-order valence-corrected chi connectivity index (χ0v) is 8.16. The highest BCUT2D eigenvalue weighted by Gasteiger charge is 2.44. The third-order valence-electron chi connectivity index (χ3n) is 2.33. The van der Waals surface area contributed by atoms with Crippen LogP contribution in [0.5, 0.6) is 0 Å². The monoisotopic (exact) mass is 208 g/mol. The molecule has 0 spiro atoms. The van der Waals surface area contributed by atoms with Gasteiger partial charge in [0, 0.05) is 14.2 Å². The molecule has 0 saturated carbocycles. The van der Waals surface area contributed by atoms with Gasteiger partial charge >= 0.3 is 0 Å². The fourth-order valence-corrected chi connectivity index (χ4v) is 1.54. The number of aliphatic hydroxyl groups excluding tert-OH is 3. The highest BCUT2D eigenvalue weighted by atomic mass is 16.7. The van der Waals surface area contributed by atoms with Crippen LogP contribution in [0.25, 0.3) is 0 Å². The van der Waals surface area contributed by atoms with E-state index < -0.39 is 30.7 Å². The van der Waals surface area contributed by atoms with Gasteiger partial charge in [0.25, 0.3) is 0 Å². The van der Waals surface area contributed by atoms with Gasteiger partial charge in [0.1, 0.15) is 24.4 Å². The van der Waals surface area contributed by atoms with Crippen molar-refractivity contribution in [3.63, 3.8) is 0 Å². The first-order chi connectivity index (χ1) is 6.65. The molecule has 0 aliphatic carbocycles. The minimum absolute atomic E-state index is 0.303. The maximum atomic E-state index is 9.59. The van der Waals surface area contributed by atoms with Crippen LogP contribution in [0.3, 0.4) is 0 Å². The lowest BCUT2D eigenvalue weighted by Gasteiger charge is -2.40. The Balaban J connectivity index is 2.71. The molecule has 0 aromatic carbocycles. The normalized spacial score (nSPS) is 43.9. The molecular formula is C8H16O6. The highest BCUT2D eigenvalue weighted by molar-refractivity contribution is 4.89. The molecular weight excluding hydrogens is 192 g/mol. The average molecular weight is 208 g/mol. The summed E-state index contributed by atoms with van der Waals surface area (Å²) in [5.41, 5.74) is 0. The fourth-order valence-electron chi connectivity index (χ4n) is 1.54. The summed E-state index contributed by atoms with van der Waals surface area (Å²) in [6.45, 7) is -0.303. The van der Waals surface area contributed by atoms with Crippen molar-refractivity contribution in [1.82, 2.24) is 0 Å². The largest absolute Gasteiger partial charge is 0.394 e. The second-order valence-corrected chi connectivity index (χ2v) is 3.14. The van der Waals surface area contributed by atoms with Gasteiger partial charge in [-0.2, -0.15) is 0 Å². The molecule has 84 valence electrons. The smallest absolute Gasteiger partial charge is 0.186 e. The van der Waals surface area contributed by atoms with Crippen molar-refractivity contribution in [3.8, 4) is 0 Å². The van der Waals surface area contributed by atoms with Gasteiger partial charge in [-0.15, -0.1) is 0 Å². The lowest BCUT2D eigenvalue weighted by atomic mass is 9.99. The molecule has 1 aliphatic heterocycles. The molecule has 6 heteroatoms. The topological polar surface area (TPSA) is 88.4 Å². The summed E-state index contributed by atoms with van der Waals surface area (Å²) in [6, 6.07) is 0. The Kier molecular flexibility index (Phi) is 4.24. The molecule has 3 N–H and O–H groups in total. The van der Waals surface area contributed by atoms with Crippen LogP contribution >= 0.6 is 0 Å². The SMILES string of the molecule is COC1[C@@H](CO)O[C@@H](OC)[C@@H](O)[C@H]1O. The Morgan fingerprint density at radius 2 is 1.79 bits per heavy atom. The maximum absolute atomic E-state index is 9.59. The molecule has 0 amide bonds. The van der Waals surface area contributed by atoms with E-state index in [1.165, 1.54) is 14.2 Å². The molecule has 1 heterocycles. The van der Waals surface area contributed by atoms with E-state index in [1.807, 2.05) is 0 Å². The van der Waals surface area contributed by atoms with Gasteiger partial charge in [0.2, 0.25) is 0 Å². The molecule has 0 bridgehead atoms. The molecule has 0 aromatic rings. The average Bonchev–Trinajstić information content (AvgIpc) is 2.21. The van der Waals surface area contributed by atoms with E-state index in [0.29, 0.717) is 0 Å². The quantitative estimate of drug-likeness (QED) is 0.501. The van der Waals surface area contributed by atoms with E-state index >= 15 is 0 Å². The van der Waals surface area contributed by atoms with Crippen molar-refractivity contribution in [2.75, 3.05) is 20.8 Å². The first-order valence-electron chi connectivity index (χ1n) is 4.33. The van der Waals surface area contributed by atoms with Crippen molar-refractivity contribution < 1.29 is 29.5 Å². The first-order valence-corrected chi connectivity index (χ1v) is 4.33. The number of rotatable bonds is 3. The van der Waals surface area contributed by atoms with Crippen LogP contribution < -0.4 is 0 Å². The third kappa shape index (κ3) is 2.05. The summed E-state index contributed by atoms with van der Waals surface area (Å²) in [5, 5.41) is 28.0. The first kappa shape index (κ1) is 11.8. The highest BCUT2D eigenvalue weighted by Crippen LogP contribution is 2.23. The van der Waals surface area contributed by atoms with E-state index in [9.17, 15) is 10.2 Å². The van der Waals surface area contributed by atoms with E-state index in [4.69, 9.17) is 19.3 Å². The van der Waals surface area contributed by atoms with Crippen LogP contribution in [-0.2, 0) is 14.2 Å². The summed E-state index contributed by atoms with van der Waals surface area (Å²) in [6.07, 6.45) is -4.68. The van der Waals surface area contributed by atoms with Gasteiger partial charge in [-0.05, 0) is 0 Å². The Labute approximate surface area is 82.0 Å². The number of hydrogen-bond acceptors (Lipinski definition) is 6. The molecule has 1 saturated heterocycles. The van der Waals surface area contributed by atoms with E-state index in [-0.39, 0.29) is 6.61 Å². The van der Waals surface area contributed by atoms with Gasteiger partial charge in [-0.3, -0.25) is 0 Å². The summed E-state index contributed by atoms with van der Waals surface area (Å²) in [4.78, 5) is 0. The molecule has 1 rings (SSSR count). The summed E-state index contributed by atoms with van der Waals surface area (Å²) >= 11 is 0. The van der Waals surface area contributed by atoms with Crippen LogP contribution in [0, 0.1) is 0 Å². The zero-order chi connectivity index (χ0) is 10.7. The molecule has 0 aromatic heterocycles. The summed E-state index contributed by atoms with van der Waals surface area (Å²) < 4.78 is 14.9. The Bertz CT molecular complexity index is 173. The van der Waals surface area contributed by atoms with Crippen LogP contribution in [0.4, 0.5) is 0 Å². The predicted octanol–water partition coefficient (Wildman–Crippen LogP) is -1.91. The molecule has 0 radical (unpaired) electrons. The number of methoxy groups -OCH3 is 2. The lowest BCUT2D eigenvalue weighted by molar-refractivity contribution is -0.298. The standard InChI is InChI=1S/C8H16O6/c1-12-7-4(3-9)14-8(13-2)6(11)5(7)10/h4-11H,3H2,1-2H3/t4-,5-,6+,7?,8-/m1/s1. The van der Waals surface area contributed by atoms with E-state index in [0.717, 1.165) is 0 Å². The van der Waals surface area contributed by atoms with E-state index in [2.05, 4.69) is 0 Å². The van der Waals surface area contributed by atoms with Gasteiger partial charge in [-0.1, -0.05) is 0 Å². The molecule has 14 heavy (non-hydrogen) atoms. The Hall–Kier alpha value is -0.240. The van der Waals surface area contributed by atoms with Crippen molar-refractivity contribution >= 4 is 0 Å². The summed E-state index contributed by atoms with van der Waals surface area (Å²) in [5.74, 6) is 0. The third-order valence-corrected chi connectivity index (χ3v) is 2.33. The van der Waals surface area contributed by atoms with Crippen molar-refractivity contribution in [1.29, 1.82) is 0 Å². The maximum Gasteiger partial charge on any atom is 0.186 e. The number of aliphatic hydroxyl groups is 3. The summed E-state index contributed by atoms with van der Waals surface area (Å²) in [7, 11) is 2.72. The fraction of sp³-hybridized carbons (Fsp3) is 1.00. The molecule has 6 nitrogen and oxygen atoms in total. The second kappa shape index (κ2) is 5.01. The van der Waals surface area contributed by atoms with Gasteiger partial charge in [0.15, 0.2) is 6.29 Å². The van der Waals surface area contributed by atoms with Crippen molar-refractivity contribution in [3.05, 3.63) is 0 Å². The zero-order valence-electron chi connectivity index (χ0n) is 8.16. The predicted molar refractivity (Wildman–Crippen MR) is 45.6 cm³/mol. The van der Waals surface area contributed by atoms with Crippen LogP contribution in [-0.4, -0.2) is 66.9 Å². The van der Waals surface area contributed by atoms with E-state index in [1.54, 1.807) is 0 Å². The minimum Gasteiger partial charge on any atom is -0.394 e. The Morgan fingerprint density at radius 3 is 2.21 bits per heavy atom. The molecule has 5 atom stereocenters. The number of hydrogen-bond donors (Lipinski definition) is 3. The molecule has 1 aliphatic rings. The Morgan fingerprint density at radius 1 is 1.14 bits per heavy atom. The van der Waals surface area contributed by atoms with Crippen molar-refractivity contribution in [2.24, 2.45) is 0 Å². The van der Waals surface area contributed by atoms with Gasteiger partial charge in [-0.25, -0.2) is 0 Å². The van der Waals surface area contributed by atoms with Crippen LogP contribution in [0.15, 0.2) is 0 Å². The minimum atomic E-state index is -1.17. The lowest BCUT2D eigenvalue weighted by Crippen LogP contribution is -2.59. The van der Waals surface area contributed by atoms with Gasteiger partial charge in [0.05, 0.1) is 6.61 Å². The van der Waals surface area contributed by atoms with Crippen LogP contribution in [0.2, 0.25) is 0 Å². The molecule has 1 unspecified atom stereocenters. The second-order valence-electron chi connectivity index (χ2n) is 3.14. The van der Waals surface area contributed by atoms with Crippen molar-refractivity contribution in [2.45, 2.75) is 30.7 Å². The molecule has 1 fully saturated rings. The van der Waals surface area contributed by atoms with Gasteiger partial charge < -0.3 is 29.5 Å².